The molecule has 4 rings (SSSR count). The largest absolute Gasteiger partial charge is 0.465 e. The molecule has 3 unspecified atom stereocenters. The van der Waals surface area contributed by atoms with Crippen LogP contribution in [0.25, 0.3) is 0 Å². The number of ether oxygens (including phenoxy) is 1. The average Bonchev–Trinajstić information content (AvgIpc) is 2.98. The second-order valence-corrected chi connectivity index (χ2v) is 8.52. The van der Waals surface area contributed by atoms with Crippen LogP contribution in [-0.4, -0.2) is 35.3 Å². The molecule has 2 heterocycles. The summed E-state index contributed by atoms with van der Waals surface area (Å²) in [5.41, 5.74) is 1.16. The summed E-state index contributed by atoms with van der Waals surface area (Å²) in [5, 5.41) is 0. The van der Waals surface area contributed by atoms with E-state index in [0.717, 1.165) is 24.4 Å². The molecule has 0 N–H and O–H groups in total. The first-order chi connectivity index (χ1) is 11.3. The van der Waals surface area contributed by atoms with Gasteiger partial charge in [0.2, 0.25) is 0 Å². The van der Waals surface area contributed by atoms with Gasteiger partial charge in [0.15, 0.2) is 0 Å². The highest BCUT2D eigenvalue weighted by molar-refractivity contribution is 8.02. The second-order valence-electron chi connectivity index (χ2n) is 7.23. The van der Waals surface area contributed by atoms with Gasteiger partial charge in [0.1, 0.15) is 0 Å². The van der Waals surface area contributed by atoms with Crippen molar-refractivity contribution in [3.63, 3.8) is 0 Å². The number of aliphatic imine (C=N–C) groups is 1. The van der Waals surface area contributed by atoms with Gasteiger partial charge in [0.25, 0.3) is 0 Å². The van der Waals surface area contributed by atoms with Gasteiger partial charge in [-0.1, -0.05) is 37.5 Å². The standard InChI is InChI=1S/C19H25NO2S/c21-18(22-12-14-6-2-1-3-7-14)15-13-23-19-10-5-4-8-17(19)20-11-9-16(15)19/h4-5,8,10,14-16H,1-3,6-7,9,11-13H2. The Balaban J connectivity index is 1.42. The van der Waals surface area contributed by atoms with E-state index in [0.29, 0.717) is 18.4 Å². The Morgan fingerprint density at radius 3 is 3.00 bits per heavy atom. The first-order valence-electron chi connectivity index (χ1n) is 9.01. The lowest BCUT2D eigenvalue weighted by Gasteiger charge is -2.38. The lowest BCUT2D eigenvalue weighted by molar-refractivity contribution is -0.151. The van der Waals surface area contributed by atoms with Gasteiger partial charge in [-0.2, -0.15) is 0 Å². The zero-order chi connectivity index (χ0) is 15.7. The maximum atomic E-state index is 12.7. The molecule has 2 aliphatic carbocycles. The summed E-state index contributed by atoms with van der Waals surface area (Å²) in [6.07, 6.45) is 15.9. The van der Waals surface area contributed by atoms with Crippen LogP contribution in [0.1, 0.15) is 38.5 Å². The normalized spacial score (nSPS) is 36.3. The summed E-state index contributed by atoms with van der Waals surface area (Å²) in [6.45, 7) is 1.48. The highest BCUT2D eigenvalue weighted by atomic mass is 32.2. The molecule has 0 radical (unpaired) electrons. The minimum atomic E-state index is -0.0679. The SMILES string of the molecule is O=C(OCC1CCCCC1)C1CSC23C=CC=CC2=NCCC13. The molecule has 3 atom stereocenters. The molecule has 0 aromatic rings. The maximum Gasteiger partial charge on any atom is 0.310 e. The van der Waals surface area contributed by atoms with E-state index in [1.807, 2.05) is 11.8 Å². The second kappa shape index (κ2) is 6.46. The van der Waals surface area contributed by atoms with Gasteiger partial charge < -0.3 is 4.74 Å². The number of esters is 1. The van der Waals surface area contributed by atoms with Crippen molar-refractivity contribution in [1.29, 1.82) is 0 Å². The number of carbonyl (C=O) groups excluding carboxylic acids is 1. The molecular formula is C19H25NO2S. The third kappa shape index (κ3) is 2.79. The summed E-state index contributed by atoms with van der Waals surface area (Å²) < 4.78 is 5.69. The van der Waals surface area contributed by atoms with Crippen LogP contribution in [-0.2, 0) is 9.53 Å². The number of allylic oxidation sites excluding steroid dienone is 3. The molecule has 3 nitrogen and oxygen atoms in total. The summed E-state index contributed by atoms with van der Waals surface area (Å²) in [4.78, 5) is 17.4. The average molecular weight is 331 g/mol. The van der Waals surface area contributed by atoms with Crippen LogP contribution in [0.15, 0.2) is 29.3 Å². The Labute approximate surface area is 142 Å². The fourth-order valence-corrected chi connectivity index (χ4v) is 6.33. The van der Waals surface area contributed by atoms with Crippen molar-refractivity contribution in [2.75, 3.05) is 18.9 Å². The van der Waals surface area contributed by atoms with E-state index in [2.05, 4.69) is 24.3 Å². The Hall–Kier alpha value is -1.03. The molecule has 1 saturated heterocycles. The van der Waals surface area contributed by atoms with E-state index < -0.39 is 0 Å². The van der Waals surface area contributed by atoms with Crippen LogP contribution in [0, 0.1) is 17.8 Å². The van der Waals surface area contributed by atoms with Crippen molar-refractivity contribution in [2.45, 2.75) is 43.3 Å². The number of rotatable bonds is 3. The van der Waals surface area contributed by atoms with Crippen LogP contribution in [0.5, 0.6) is 0 Å². The minimum Gasteiger partial charge on any atom is -0.465 e. The lowest BCUT2D eigenvalue weighted by atomic mass is 9.74. The van der Waals surface area contributed by atoms with Gasteiger partial charge in [-0.3, -0.25) is 9.79 Å². The van der Waals surface area contributed by atoms with Crippen molar-refractivity contribution in [3.05, 3.63) is 24.3 Å². The third-order valence-corrected chi connectivity index (χ3v) is 7.51. The fraction of sp³-hybridized carbons (Fsp3) is 0.684. The lowest BCUT2D eigenvalue weighted by Crippen LogP contribution is -2.44. The fourth-order valence-electron chi connectivity index (χ4n) is 4.56. The third-order valence-electron chi connectivity index (χ3n) is 5.86. The molecule has 0 aromatic carbocycles. The number of nitrogens with zero attached hydrogens (tertiary/aromatic N) is 1. The van der Waals surface area contributed by atoms with E-state index in [-0.39, 0.29) is 16.6 Å². The molecule has 4 aliphatic rings. The summed E-state index contributed by atoms with van der Waals surface area (Å²) in [7, 11) is 0. The molecule has 1 spiro atoms. The van der Waals surface area contributed by atoms with Gasteiger partial charge in [-0.25, -0.2) is 0 Å². The molecule has 1 saturated carbocycles. The van der Waals surface area contributed by atoms with E-state index in [9.17, 15) is 4.79 Å². The van der Waals surface area contributed by atoms with Crippen LogP contribution in [0.4, 0.5) is 0 Å². The molecule has 23 heavy (non-hydrogen) atoms. The molecular weight excluding hydrogens is 306 g/mol. The maximum absolute atomic E-state index is 12.7. The Morgan fingerprint density at radius 2 is 2.13 bits per heavy atom. The smallest absolute Gasteiger partial charge is 0.310 e. The van der Waals surface area contributed by atoms with Gasteiger partial charge in [-0.15, -0.1) is 11.8 Å². The number of hydrogen-bond donors (Lipinski definition) is 0. The summed E-state index contributed by atoms with van der Waals surface area (Å²) in [5.74, 6) is 1.88. The van der Waals surface area contributed by atoms with E-state index in [4.69, 9.17) is 9.73 Å². The van der Waals surface area contributed by atoms with Crippen LogP contribution < -0.4 is 0 Å². The predicted octanol–water partition coefficient (Wildman–Crippen LogP) is 3.80. The Bertz CT molecular complexity index is 562. The molecule has 2 fully saturated rings. The monoisotopic (exact) mass is 331 g/mol. The molecule has 4 heteroatoms. The predicted molar refractivity (Wildman–Crippen MR) is 94.9 cm³/mol. The highest BCUT2D eigenvalue weighted by Gasteiger charge is 2.54. The number of thioether (sulfide) groups is 1. The molecule has 0 aromatic heterocycles. The quantitative estimate of drug-likeness (QED) is 0.738. The number of carbonyl (C=O) groups is 1. The van der Waals surface area contributed by atoms with Crippen molar-refractivity contribution < 1.29 is 9.53 Å². The minimum absolute atomic E-state index is 0.0326. The van der Waals surface area contributed by atoms with E-state index in [1.54, 1.807) is 0 Å². The van der Waals surface area contributed by atoms with Gasteiger partial charge in [-0.05, 0) is 37.2 Å². The van der Waals surface area contributed by atoms with Gasteiger partial charge in [0, 0.05) is 12.3 Å². The molecule has 0 bridgehead atoms. The number of hydrogen-bond acceptors (Lipinski definition) is 4. The van der Waals surface area contributed by atoms with Crippen molar-refractivity contribution in [2.24, 2.45) is 22.7 Å². The first-order valence-corrected chi connectivity index (χ1v) is 9.99. The van der Waals surface area contributed by atoms with Crippen molar-refractivity contribution in [3.8, 4) is 0 Å². The van der Waals surface area contributed by atoms with E-state index in [1.165, 1.54) is 32.1 Å². The van der Waals surface area contributed by atoms with Crippen LogP contribution in [0.3, 0.4) is 0 Å². The van der Waals surface area contributed by atoms with Gasteiger partial charge in [0.05, 0.1) is 23.0 Å². The van der Waals surface area contributed by atoms with Crippen molar-refractivity contribution in [1.82, 2.24) is 0 Å². The zero-order valence-corrected chi connectivity index (χ0v) is 14.4. The molecule has 2 aliphatic heterocycles. The van der Waals surface area contributed by atoms with Crippen LogP contribution >= 0.6 is 11.8 Å². The van der Waals surface area contributed by atoms with E-state index >= 15 is 0 Å². The van der Waals surface area contributed by atoms with Crippen molar-refractivity contribution >= 4 is 23.4 Å². The summed E-state index contributed by atoms with van der Waals surface area (Å²) in [6, 6.07) is 0. The van der Waals surface area contributed by atoms with Crippen LogP contribution in [0.2, 0.25) is 0 Å². The topological polar surface area (TPSA) is 38.7 Å². The Kier molecular flexibility index (Phi) is 4.35. The first kappa shape index (κ1) is 15.5. The molecule has 124 valence electrons. The Morgan fingerprint density at radius 1 is 1.26 bits per heavy atom. The van der Waals surface area contributed by atoms with Gasteiger partial charge >= 0.3 is 5.97 Å². The highest BCUT2D eigenvalue weighted by Crippen LogP contribution is 2.53. The molecule has 0 amide bonds. The summed E-state index contributed by atoms with van der Waals surface area (Å²) >= 11 is 1.89. The zero-order valence-electron chi connectivity index (χ0n) is 13.6.